The molecule has 0 heterocycles. The van der Waals surface area contributed by atoms with E-state index in [1.807, 2.05) is 66.7 Å². The number of rotatable bonds is 9. The average molecular weight is 717 g/mol. The number of halogens is 1. The van der Waals surface area contributed by atoms with Crippen molar-refractivity contribution < 1.29 is 42.9 Å². The topological polar surface area (TPSA) is 158 Å². The lowest BCUT2D eigenvalue weighted by atomic mass is 9.98. The fraction of sp³-hybridized carbons (Fsp3) is 0.171. The first-order chi connectivity index (χ1) is 23.2. The highest BCUT2D eigenvalue weighted by molar-refractivity contribution is 9.10. The quantitative estimate of drug-likeness (QED) is 0.0718. The second kappa shape index (κ2) is 15.7. The van der Waals surface area contributed by atoms with E-state index in [9.17, 15) is 24.0 Å². The third-order valence-electron chi connectivity index (χ3n) is 7.49. The van der Waals surface area contributed by atoms with Crippen LogP contribution in [-0.2, 0) is 41.6 Å². The van der Waals surface area contributed by atoms with Gasteiger partial charge in [0, 0.05) is 22.4 Å². The number of hydrazine groups is 1. The number of carbonyl (C=O) groups excluding carboxylic acids is 5. The fourth-order valence-electron chi connectivity index (χ4n) is 5.16. The maximum Gasteiger partial charge on any atom is 0.514 e. The van der Waals surface area contributed by atoms with Gasteiger partial charge in [-0.1, -0.05) is 94.8 Å². The Morgan fingerprint density at radius 3 is 2.04 bits per heavy atom. The molecule has 0 spiro atoms. The Bertz CT molecular complexity index is 1780. The molecule has 1 aliphatic rings. The zero-order chi connectivity index (χ0) is 34.0. The molecule has 3 N–H and O–H groups in total. The molecule has 3 amide bonds. The minimum absolute atomic E-state index is 0.000895. The number of nitrogens with one attached hydrogen (secondary N) is 3. The highest BCUT2D eigenvalue weighted by Crippen LogP contribution is 2.44. The summed E-state index contributed by atoms with van der Waals surface area (Å²) in [6.07, 6.45) is -1.94. The molecular weight excluding hydrogens is 686 g/mol. The van der Waals surface area contributed by atoms with E-state index in [2.05, 4.69) is 36.8 Å². The van der Waals surface area contributed by atoms with Gasteiger partial charge in [-0.3, -0.25) is 15.0 Å². The molecule has 246 valence electrons. The minimum atomic E-state index is -1.31. The van der Waals surface area contributed by atoms with Crippen LogP contribution in [0.15, 0.2) is 102 Å². The molecule has 0 unspecified atom stereocenters. The lowest BCUT2D eigenvalue weighted by Gasteiger charge is -2.19. The van der Waals surface area contributed by atoms with Gasteiger partial charge in [-0.05, 0) is 46.0 Å². The van der Waals surface area contributed by atoms with E-state index in [4.69, 9.17) is 14.2 Å². The van der Waals surface area contributed by atoms with Crippen LogP contribution in [0.25, 0.3) is 11.1 Å². The van der Waals surface area contributed by atoms with Crippen LogP contribution in [0.4, 0.5) is 9.59 Å². The number of fused-ring (bicyclic) bond motifs is 3. The van der Waals surface area contributed by atoms with Crippen LogP contribution >= 0.6 is 15.9 Å². The van der Waals surface area contributed by atoms with Crippen LogP contribution in [0.2, 0.25) is 0 Å². The standard InChI is InChI=1S/C35H30BrN3O9/c1-45-33(42)32(41)37-30(18-21-14-16-23(17-15-21)48-35(44)47-19-22-8-2-7-13-29(22)36)31(40)38-39-34(43)46-20-28-26-11-5-3-9-24(26)25-10-4-6-12-27(25)28/h2-17,28,30H,18-20H2,1H3,(H,37,41)(H,38,40)(H,39,43)/t30-/m1/s1. The molecule has 4 aromatic rings. The van der Waals surface area contributed by atoms with Gasteiger partial charge in [-0.25, -0.2) is 19.8 Å². The summed E-state index contributed by atoms with van der Waals surface area (Å²) in [5.41, 5.74) is 9.88. The molecule has 5 rings (SSSR count). The summed E-state index contributed by atoms with van der Waals surface area (Å²) in [5, 5.41) is 2.30. The molecule has 0 bridgehead atoms. The molecule has 4 aromatic carbocycles. The van der Waals surface area contributed by atoms with E-state index in [1.165, 1.54) is 12.1 Å². The molecule has 0 aliphatic heterocycles. The average Bonchev–Trinajstić information content (AvgIpc) is 3.42. The lowest BCUT2D eigenvalue weighted by Crippen LogP contribution is -2.54. The number of methoxy groups -OCH3 is 1. The van der Waals surface area contributed by atoms with Crippen LogP contribution in [0, 0.1) is 0 Å². The van der Waals surface area contributed by atoms with Crippen molar-refractivity contribution in [1.82, 2.24) is 16.2 Å². The van der Waals surface area contributed by atoms with Crippen LogP contribution in [0.5, 0.6) is 5.75 Å². The summed E-state index contributed by atoms with van der Waals surface area (Å²) in [5.74, 6) is -3.22. The van der Waals surface area contributed by atoms with Crippen LogP contribution in [0.1, 0.15) is 28.2 Å². The first-order valence-corrected chi connectivity index (χ1v) is 15.5. The number of benzene rings is 4. The van der Waals surface area contributed by atoms with Crippen molar-refractivity contribution in [2.24, 2.45) is 0 Å². The van der Waals surface area contributed by atoms with Gasteiger partial charge in [0.05, 0.1) is 7.11 Å². The Hall–Kier alpha value is -5.69. The second-order valence-electron chi connectivity index (χ2n) is 10.5. The second-order valence-corrected chi connectivity index (χ2v) is 11.4. The molecule has 0 saturated carbocycles. The first kappa shape index (κ1) is 33.7. The third-order valence-corrected chi connectivity index (χ3v) is 8.27. The zero-order valence-corrected chi connectivity index (χ0v) is 27.2. The van der Waals surface area contributed by atoms with Gasteiger partial charge in [0.2, 0.25) is 0 Å². The Morgan fingerprint density at radius 2 is 1.40 bits per heavy atom. The van der Waals surface area contributed by atoms with Crippen LogP contribution < -0.4 is 20.9 Å². The number of esters is 1. The van der Waals surface area contributed by atoms with E-state index in [0.29, 0.717) is 5.56 Å². The third kappa shape index (κ3) is 8.36. The maximum absolute atomic E-state index is 13.1. The van der Waals surface area contributed by atoms with Crippen molar-refractivity contribution in [2.75, 3.05) is 13.7 Å². The largest absolute Gasteiger partial charge is 0.514 e. The fourth-order valence-corrected chi connectivity index (χ4v) is 5.56. The smallest absolute Gasteiger partial charge is 0.462 e. The molecule has 0 fully saturated rings. The summed E-state index contributed by atoms with van der Waals surface area (Å²) in [7, 11) is 1.03. The number of hydrogen-bond acceptors (Lipinski definition) is 9. The zero-order valence-electron chi connectivity index (χ0n) is 25.6. The Morgan fingerprint density at radius 1 is 0.771 bits per heavy atom. The monoisotopic (exact) mass is 715 g/mol. The molecule has 0 radical (unpaired) electrons. The normalized spacial score (nSPS) is 12.0. The molecule has 12 nitrogen and oxygen atoms in total. The number of hydrogen-bond donors (Lipinski definition) is 3. The van der Waals surface area contributed by atoms with E-state index < -0.39 is 36.1 Å². The van der Waals surface area contributed by atoms with Crippen molar-refractivity contribution in [3.8, 4) is 16.9 Å². The summed E-state index contributed by atoms with van der Waals surface area (Å²) in [4.78, 5) is 61.9. The summed E-state index contributed by atoms with van der Waals surface area (Å²) in [6.45, 7) is 0.0170. The van der Waals surface area contributed by atoms with Crippen molar-refractivity contribution in [2.45, 2.75) is 25.0 Å². The van der Waals surface area contributed by atoms with Gasteiger partial charge in [0.25, 0.3) is 5.91 Å². The summed E-state index contributed by atoms with van der Waals surface area (Å²) in [6, 6.07) is 27.7. The molecular formula is C35H30BrN3O9. The highest BCUT2D eigenvalue weighted by atomic mass is 79.9. The van der Waals surface area contributed by atoms with Gasteiger partial charge in [-0.2, -0.15) is 0 Å². The van der Waals surface area contributed by atoms with Crippen LogP contribution in [0.3, 0.4) is 0 Å². The molecule has 1 atom stereocenters. The van der Waals surface area contributed by atoms with E-state index in [1.54, 1.807) is 18.2 Å². The van der Waals surface area contributed by atoms with Gasteiger partial charge in [-0.15, -0.1) is 0 Å². The van der Waals surface area contributed by atoms with Gasteiger partial charge < -0.3 is 24.3 Å². The van der Waals surface area contributed by atoms with Crippen LogP contribution in [-0.4, -0.2) is 49.8 Å². The molecule has 0 saturated heterocycles. The number of carbonyl (C=O) groups is 5. The molecule has 0 aromatic heterocycles. The molecule has 13 heteroatoms. The SMILES string of the molecule is COC(=O)C(=O)N[C@H](Cc1ccc(OC(=O)OCc2ccccc2Br)cc1)C(=O)NNC(=O)OCC1c2ccccc2-c2ccccc21. The predicted molar refractivity (Wildman–Crippen MR) is 175 cm³/mol. The first-order valence-electron chi connectivity index (χ1n) is 14.7. The summed E-state index contributed by atoms with van der Waals surface area (Å²) < 4.78 is 21.0. The van der Waals surface area contributed by atoms with Crippen molar-refractivity contribution >= 4 is 46.0 Å². The predicted octanol–water partition coefficient (Wildman–Crippen LogP) is 4.93. The molecule has 1 aliphatic carbocycles. The number of amides is 3. The van der Waals surface area contributed by atoms with E-state index in [-0.39, 0.29) is 31.3 Å². The van der Waals surface area contributed by atoms with Crippen molar-refractivity contribution in [1.29, 1.82) is 0 Å². The van der Waals surface area contributed by atoms with Gasteiger partial charge in [0.1, 0.15) is 25.0 Å². The summed E-state index contributed by atoms with van der Waals surface area (Å²) >= 11 is 3.38. The number of ether oxygens (including phenoxy) is 4. The Labute approximate surface area is 283 Å². The Balaban J connectivity index is 1.16. The van der Waals surface area contributed by atoms with Crippen molar-refractivity contribution in [3.05, 3.63) is 124 Å². The van der Waals surface area contributed by atoms with E-state index >= 15 is 0 Å². The lowest BCUT2D eigenvalue weighted by molar-refractivity contribution is -0.153. The Kier molecular flexibility index (Phi) is 11.0. The van der Waals surface area contributed by atoms with Gasteiger partial charge >= 0.3 is 24.1 Å². The molecule has 48 heavy (non-hydrogen) atoms. The highest BCUT2D eigenvalue weighted by Gasteiger charge is 2.30. The maximum atomic E-state index is 13.1. The van der Waals surface area contributed by atoms with E-state index in [0.717, 1.165) is 39.4 Å². The minimum Gasteiger partial charge on any atom is -0.462 e. The van der Waals surface area contributed by atoms with Crippen molar-refractivity contribution in [3.63, 3.8) is 0 Å². The van der Waals surface area contributed by atoms with Gasteiger partial charge in [0.15, 0.2) is 0 Å².